The van der Waals surface area contributed by atoms with Crippen molar-refractivity contribution in [1.29, 1.82) is 0 Å². The van der Waals surface area contributed by atoms with Gasteiger partial charge in [0.05, 0.1) is 5.52 Å². The molecular weight excluding hydrogens is 318 g/mol. The van der Waals surface area contributed by atoms with Crippen LogP contribution in [0, 0.1) is 6.92 Å². The molecule has 3 rings (SSSR count). The second kappa shape index (κ2) is 7.05. The van der Waals surface area contributed by atoms with E-state index in [2.05, 4.69) is 48.3 Å². The first-order valence-electron chi connectivity index (χ1n) is 7.93. The molecule has 0 amide bonds. The van der Waals surface area contributed by atoms with E-state index in [9.17, 15) is 9.90 Å². The first-order valence-corrected chi connectivity index (χ1v) is 8.81. The molecule has 0 saturated carbocycles. The number of aromatic nitrogens is 1. The summed E-state index contributed by atoms with van der Waals surface area (Å²) in [6.07, 6.45) is 2.33. The molecule has 3 aromatic rings. The predicted molar refractivity (Wildman–Crippen MR) is 99.5 cm³/mol. The Morgan fingerprint density at radius 2 is 1.83 bits per heavy atom. The molecule has 122 valence electrons. The molecule has 1 heterocycles. The van der Waals surface area contributed by atoms with Gasteiger partial charge in [0, 0.05) is 16.5 Å². The summed E-state index contributed by atoms with van der Waals surface area (Å²) in [5, 5.41) is 9.88. The second-order valence-corrected chi connectivity index (χ2v) is 7.00. The number of hydrogen-bond acceptors (Lipinski definition) is 3. The normalized spacial score (nSPS) is 12.2. The number of benzene rings is 2. The van der Waals surface area contributed by atoms with Crippen molar-refractivity contribution in [1.82, 2.24) is 4.98 Å². The maximum Gasteiger partial charge on any atom is 0.316 e. The van der Waals surface area contributed by atoms with Crippen LogP contribution in [0.5, 0.6) is 0 Å². The molecule has 0 aliphatic heterocycles. The second-order valence-electron chi connectivity index (χ2n) is 5.76. The minimum atomic E-state index is -0.776. The van der Waals surface area contributed by atoms with Crippen LogP contribution >= 0.6 is 11.8 Å². The number of hydrogen-bond donors (Lipinski definition) is 1. The van der Waals surface area contributed by atoms with Gasteiger partial charge in [-0.2, -0.15) is 0 Å². The summed E-state index contributed by atoms with van der Waals surface area (Å²) in [6, 6.07) is 16.4. The number of aliphatic carboxylic acids is 1. The number of fused-ring (bicyclic) bond motifs is 1. The Morgan fingerprint density at radius 1 is 1.12 bits per heavy atom. The van der Waals surface area contributed by atoms with Gasteiger partial charge in [-0.25, -0.2) is 0 Å². The van der Waals surface area contributed by atoms with Crippen molar-refractivity contribution in [2.24, 2.45) is 0 Å². The van der Waals surface area contributed by atoms with Crippen LogP contribution in [0.4, 0.5) is 0 Å². The topological polar surface area (TPSA) is 50.2 Å². The summed E-state index contributed by atoms with van der Waals surface area (Å²) in [5.41, 5.74) is 4.37. The molecule has 0 spiro atoms. The Kier molecular flexibility index (Phi) is 4.86. The summed E-state index contributed by atoms with van der Waals surface area (Å²) in [4.78, 5) is 16.7. The van der Waals surface area contributed by atoms with Crippen molar-refractivity contribution in [3.63, 3.8) is 0 Å². The number of pyridine rings is 1. The highest BCUT2D eigenvalue weighted by atomic mass is 32.2. The maximum absolute atomic E-state index is 11.4. The minimum absolute atomic E-state index is 0.446. The van der Waals surface area contributed by atoms with Gasteiger partial charge >= 0.3 is 5.97 Å². The lowest BCUT2D eigenvalue weighted by atomic mass is 10.0. The highest BCUT2D eigenvalue weighted by Crippen LogP contribution is 2.33. The number of carbonyl (C=O) groups is 1. The van der Waals surface area contributed by atoms with Gasteiger partial charge in [0.1, 0.15) is 5.25 Å². The molecule has 0 fully saturated rings. The third kappa shape index (κ3) is 3.44. The quantitative estimate of drug-likeness (QED) is 0.653. The monoisotopic (exact) mass is 337 g/mol. The first-order chi connectivity index (χ1) is 11.6. The van der Waals surface area contributed by atoms with Crippen LogP contribution in [-0.4, -0.2) is 21.3 Å². The molecule has 1 atom stereocenters. The zero-order chi connectivity index (χ0) is 17.1. The molecule has 0 aliphatic carbocycles. The van der Waals surface area contributed by atoms with Crippen LogP contribution in [0.1, 0.15) is 18.9 Å². The maximum atomic E-state index is 11.4. The Bertz CT molecular complexity index is 874. The van der Waals surface area contributed by atoms with Crippen LogP contribution in [0.2, 0.25) is 0 Å². The molecule has 3 nitrogen and oxygen atoms in total. The number of nitrogens with zero attached hydrogens (tertiary/aromatic N) is 1. The van der Waals surface area contributed by atoms with E-state index in [4.69, 9.17) is 0 Å². The first kappa shape index (κ1) is 16.5. The Hall–Kier alpha value is -2.33. The van der Waals surface area contributed by atoms with Crippen LogP contribution in [0.3, 0.4) is 0 Å². The van der Waals surface area contributed by atoms with Gasteiger partial charge in [-0.15, -0.1) is 11.8 Å². The smallest absolute Gasteiger partial charge is 0.316 e. The van der Waals surface area contributed by atoms with Crippen LogP contribution in [-0.2, 0) is 4.79 Å². The Balaban J connectivity index is 2.05. The van der Waals surface area contributed by atoms with E-state index in [1.807, 2.05) is 19.1 Å². The third-order valence-electron chi connectivity index (χ3n) is 4.00. The largest absolute Gasteiger partial charge is 0.480 e. The van der Waals surface area contributed by atoms with E-state index in [0.717, 1.165) is 26.9 Å². The van der Waals surface area contributed by atoms with Crippen LogP contribution < -0.4 is 0 Å². The molecule has 1 unspecified atom stereocenters. The van der Waals surface area contributed by atoms with Crippen LogP contribution in [0.15, 0.2) is 59.6 Å². The lowest BCUT2D eigenvalue weighted by Crippen LogP contribution is -2.14. The third-order valence-corrected chi connectivity index (χ3v) is 5.43. The van der Waals surface area contributed by atoms with E-state index in [0.29, 0.717) is 6.42 Å². The fraction of sp³-hybridized carbons (Fsp3) is 0.200. The highest BCUT2D eigenvalue weighted by molar-refractivity contribution is 8.00. The van der Waals surface area contributed by atoms with E-state index in [1.165, 1.54) is 17.3 Å². The van der Waals surface area contributed by atoms with Gasteiger partial charge in [-0.1, -0.05) is 42.8 Å². The Morgan fingerprint density at radius 3 is 2.50 bits per heavy atom. The molecule has 0 bridgehead atoms. The van der Waals surface area contributed by atoms with E-state index < -0.39 is 11.2 Å². The minimum Gasteiger partial charge on any atom is -0.480 e. The van der Waals surface area contributed by atoms with Crippen molar-refractivity contribution in [2.75, 3.05) is 0 Å². The van der Waals surface area contributed by atoms with E-state index in [-0.39, 0.29) is 0 Å². The van der Waals surface area contributed by atoms with E-state index >= 15 is 0 Å². The van der Waals surface area contributed by atoms with Crippen molar-refractivity contribution in [3.8, 4) is 11.1 Å². The molecule has 24 heavy (non-hydrogen) atoms. The number of carboxylic acid groups (broad SMARTS) is 1. The van der Waals surface area contributed by atoms with Gasteiger partial charge in [0.2, 0.25) is 0 Å². The summed E-state index contributed by atoms with van der Waals surface area (Å²) in [7, 11) is 0. The van der Waals surface area contributed by atoms with Gasteiger partial charge in [-0.3, -0.25) is 9.78 Å². The standard InChI is InChI=1S/C20H19NO2S/c1-3-18(20(22)23)24-19-10-11-21-17-9-8-15(12-16(17)19)14-6-4-13(2)5-7-14/h4-12,18H,3H2,1-2H3,(H,22,23). The molecule has 4 heteroatoms. The summed E-state index contributed by atoms with van der Waals surface area (Å²) in [6.45, 7) is 3.96. The fourth-order valence-corrected chi connectivity index (χ4v) is 3.61. The van der Waals surface area contributed by atoms with Gasteiger partial charge < -0.3 is 5.11 Å². The molecule has 2 aromatic carbocycles. The van der Waals surface area contributed by atoms with Crippen molar-refractivity contribution < 1.29 is 9.90 Å². The summed E-state index contributed by atoms with van der Waals surface area (Å²) in [5.74, 6) is -0.776. The number of carboxylic acids is 1. The molecular formula is C20H19NO2S. The molecule has 1 N–H and O–H groups in total. The van der Waals surface area contributed by atoms with Gasteiger partial charge in [0.15, 0.2) is 0 Å². The average molecular weight is 337 g/mol. The SMILES string of the molecule is CCC(Sc1ccnc2ccc(-c3ccc(C)cc3)cc12)C(=O)O. The molecule has 1 aromatic heterocycles. The molecule has 0 aliphatic rings. The average Bonchev–Trinajstić information content (AvgIpc) is 2.59. The van der Waals surface area contributed by atoms with Gasteiger partial charge in [0.25, 0.3) is 0 Å². The molecule has 0 radical (unpaired) electrons. The summed E-state index contributed by atoms with van der Waals surface area (Å²) >= 11 is 1.39. The van der Waals surface area contributed by atoms with Crippen molar-refractivity contribution in [2.45, 2.75) is 30.4 Å². The highest BCUT2D eigenvalue weighted by Gasteiger charge is 2.18. The predicted octanol–water partition coefficient (Wildman–Crippen LogP) is 5.17. The Labute approximate surface area is 145 Å². The number of thioether (sulfide) groups is 1. The lowest BCUT2D eigenvalue weighted by Gasteiger charge is -2.12. The van der Waals surface area contributed by atoms with Crippen LogP contribution in [0.25, 0.3) is 22.0 Å². The zero-order valence-electron chi connectivity index (χ0n) is 13.7. The lowest BCUT2D eigenvalue weighted by molar-refractivity contribution is -0.136. The molecule has 0 saturated heterocycles. The van der Waals surface area contributed by atoms with Gasteiger partial charge in [-0.05, 0) is 42.7 Å². The number of rotatable bonds is 5. The van der Waals surface area contributed by atoms with Crippen molar-refractivity contribution >= 4 is 28.6 Å². The fourth-order valence-electron chi connectivity index (χ4n) is 2.61. The summed E-state index contributed by atoms with van der Waals surface area (Å²) < 4.78 is 0. The van der Waals surface area contributed by atoms with Crippen molar-refractivity contribution in [3.05, 3.63) is 60.3 Å². The van der Waals surface area contributed by atoms with E-state index in [1.54, 1.807) is 6.20 Å². The number of aryl methyl sites for hydroxylation is 1. The zero-order valence-corrected chi connectivity index (χ0v) is 14.5.